The van der Waals surface area contributed by atoms with E-state index < -0.39 is 10.0 Å². The van der Waals surface area contributed by atoms with Gasteiger partial charge < -0.3 is 5.11 Å². The molecular weight excluding hydrogens is 258 g/mol. The maximum absolute atomic E-state index is 12.3. The minimum absolute atomic E-state index is 0.115. The molecular formula is C11H19NO3S2. The van der Waals surface area contributed by atoms with Crippen LogP contribution in [0.1, 0.15) is 25.6 Å². The maximum atomic E-state index is 12.3. The van der Waals surface area contributed by atoms with Gasteiger partial charge in [-0.2, -0.15) is 4.31 Å². The molecule has 0 bridgehead atoms. The van der Waals surface area contributed by atoms with Crippen LogP contribution in [0.4, 0.5) is 0 Å². The molecule has 0 unspecified atom stereocenters. The van der Waals surface area contributed by atoms with Crippen molar-refractivity contribution < 1.29 is 13.5 Å². The van der Waals surface area contributed by atoms with E-state index in [0.29, 0.717) is 23.9 Å². The summed E-state index contributed by atoms with van der Waals surface area (Å²) in [7, 11) is -3.40. The van der Waals surface area contributed by atoms with Gasteiger partial charge in [-0.25, -0.2) is 8.42 Å². The van der Waals surface area contributed by atoms with Crippen LogP contribution in [-0.4, -0.2) is 30.9 Å². The minimum Gasteiger partial charge on any atom is -0.391 e. The first-order valence-electron chi connectivity index (χ1n) is 5.60. The van der Waals surface area contributed by atoms with Crippen molar-refractivity contribution in [2.75, 3.05) is 13.1 Å². The van der Waals surface area contributed by atoms with Crippen LogP contribution in [-0.2, 0) is 16.6 Å². The van der Waals surface area contributed by atoms with E-state index in [2.05, 4.69) is 0 Å². The lowest BCUT2D eigenvalue weighted by Gasteiger charge is -2.21. The third-order valence-electron chi connectivity index (χ3n) is 2.34. The number of sulfonamides is 1. The highest BCUT2D eigenvalue weighted by atomic mass is 32.2. The lowest BCUT2D eigenvalue weighted by Crippen LogP contribution is -2.33. The van der Waals surface area contributed by atoms with Crippen LogP contribution in [0.2, 0.25) is 0 Å². The summed E-state index contributed by atoms with van der Waals surface area (Å²) in [6.45, 7) is 6.68. The van der Waals surface area contributed by atoms with E-state index in [-0.39, 0.29) is 11.5 Å². The second kappa shape index (κ2) is 5.95. The number of rotatable bonds is 6. The number of thiophene rings is 1. The molecule has 17 heavy (non-hydrogen) atoms. The largest absolute Gasteiger partial charge is 0.391 e. The van der Waals surface area contributed by atoms with Gasteiger partial charge in [0.2, 0.25) is 10.0 Å². The lowest BCUT2D eigenvalue weighted by molar-refractivity contribution is 0.285. The standard InChI is InChI=1S/C11H19NO3S2/c1-4-12(6-9(2)3)17(14,15)11-5-10(7-13)16-8-11/h5,8-9,13H,4,6-7H2,1-3H3. The smallest absolute Gasteiger partial charge is 0.243 e. The fourth-order valence-corrected chi connectivity index (χ4v) is 4.27. The molecule has 0 spiro atoms. The van der Waals surface area contributed by atoms with E-state index in [1.165, 1.54) is 15.6 Å². The number of aliphatic hydroxyl groups excluding tert-OH is 1. The molecule has 0 saturated heterocycles. The second-order valence-corrected chi connectivity index (χ2v) is 7.19. The van der Waals surface area contributed by atoms with Crippen molar-refractivity contribution in [3.63, 3.8) is 0 Å². The molecule has 1 aromatic heterocycles. The molecule has 1 heterocycles. The van der Waals surface area contributed by atoms with Gasteiger partial charge in [0.25, 0.3) is 0 Å². The molecule has 1 aromatic rings. The van der Waals surface area contributed by atoms with E-state index in [4.69, 9.17) is 5.11 Å². The van der Waals surface area contributed by atoms with Crippen LogP contribution in [0, 0.1) is 5.92 Å². The van der Waals surface area contributed by atoms with Crippen molar-refractivity contribution in [2.45, 2.75) is 32.3 Å². The Morgan fingerprint density at radius 2 is 2.12 bits per heavy atom. The average Bonchev–Trinajstić information content (AvgIpc) is 2.74. The zero-order chi connectivity index (χ0) is 13.1. The third-order valence-corrected chi connectivity index (χ3v) is 5.33. The molecule has 1 rings (SSSR count). The van der Waals surface area contributed by atoms with Gasteiger partial charge in [-0.3, -0.25) is 0 Å². The lowest BCUT2D eigenvalue weighted by atomic mass is 10.2. The highest BCUT2D eigenvalue weighted by molar-refractivity contribution is 7.89. The minimum atomic E-state index is -3.40. The predicted octanol–water partition coefficient (Wildman–Crippen LogP) is 1.91. The number of aliphatic hydroxyl groups is 1. The summed E-state index contributed by atoms with van der Waals surface area (Å²) >= 11 is 1.27. The van der Waals surface area contributed by atoms with Gasteiger partial charge in [-0.15, -0.1) is 11.3 Å². The summed E-state index contributed by atoms with van der Waals surface area (Å²) in [4.78, 5) is 0.957. The summed E-state index contributed by atoms with van der Waals surface area (Å²) in [5, 5.41) is 10.5. The van der Waals surface area contributed by atoms with Crippen molar-refractivity contribution in [3.05, 3.63) is 16.3 Å². The Balaban J connectivity index is 2.99. The summed E-state index contributed by atoms with van der Waals surface area (Å²) in [6, 6.07) is 1.54. The van der Waals surface area contributed by atoms with Crippen LogP contribution in [0.15, 0.2) is 16.3 Å². The van der Waals surface area contributed by atoms with Crippen molar-refractivity contribution in [3.8, 4) is 0 Å². The topological polar surface area (TPSA) is 57.6 Å². The molecule has 4 nitrogen and oxygen atoms in total. The Hall–Kier alpha value is -0.430. The van der Waals surface area contributed by atoms with Gasteiger partial charge in [0, 0.05) is 23.3 Å². The fraction of sp³-hybridized carbons (Fsp3) is 0.636. The van der Waals surface area contributed by atoms with Gasteiger partial charge in [-0.1, -0.05) is 20.8 Å². The molecule has 98 valence electrons. The first-order valence-corrected chi connectivity index (χ1v) is 7.92. The monoisotopic (exact) mass is 277 g/mol. The van der Waals surface area contributed by atoms with Crippen LogP contribution in [0.3, 0.4) is 0 Å². The predicted molar refractivity (Wildman–Crippen MR) is 69.5 cm³/mol. The quantitative estimate of drug-likeness (QED) is 0.864. The zero-order valence-electron chi connectivity index (χ0n) is 10.4. The van der Waals surface area contributed by atoms with Gasteiger partial charge in [0.1, 0.15) is 0 Å². The van der Waals surface area contributed by atoms with E-state index in [1.54, 1.807) is 11.4 Å². The molecule has 0 radical (unpaired) electrons. The molecule has 1 N–H and O–H groups in total. The highest BCUT2D eigenvalue weighted by Crippen LogP contribution is 2.23. The molecule has 0 aromatic carbocycles. The Labute approximate surface area is 107 Å². The van der Waals surface area contributed by atoms with E-state index >= 15 is 0 Å². The maximum Gasteiger partial charge on any atom is 0.243 e. The van der Waals surface area contributed by atoms with Gasteiger partial charge in [0.05, 0.1) is 11.5 Å². The molecule has 0 aliphatic carbocycles. The average molecular weight is 277 g/mol. The number of hydrogen-bond acceptors (Lipinski definition) is 4. The van der Waals surface area contributed by atoms with Crippen molar-refractivity contribution >= 4 is 21.4 Å². The van der Waals surface area contributed by atoms with Crippen molar-refractivity contribution in [1.82, 2.24) is 4.31 Å². The molecule has 0 amide bonds. The molecule has 0 saturated carbocycles. The SMILES string of the molecule is CCN(CC(C)C)S(=O)(=O)c1csc(CO)c1. The third kappa shape index (κ3) is 3.51. The van der Waals surface area contributed by atoms with Gasteiger partial charge in [0.15, 0.2) is 0 Å². The van der Waals surface area contributed by atoms with Gasteiger partial charge >= 0.3 is 0 Å². The van der Waals surface area contributed by atoms with Crippen LogP contribution in [0.5, 0.6) is 0 Å². The Bertz CT molecular complexity index is 451. The summed E-state index contributed by atoms with van der Waals surface area (Å²) in [5.41, 5.74) is 0. The summed E-state index contributed by atoms with van der Waals surface area (Å²) < 4.78 is 26.0. The molecule has 0 aliphatic rings. The Kier molecular flexibility index (Phi) is 5.12. The number of hydrogen-bond donors (Lipinski definition) is 1. The van der Waals surface area contributed by atoms with E-state index in [9.17, 15) is 8.42 Å². The first kappa shape index (κ1) is 14.6. The van der Waals surface area contributed by atoms with Crippen LogP contribution < -0.4 is 0 Å². The fourth-order valence-electron chi connectivity index (χ4n) is 1.53. The molecule has 0 aliphatic heterocycles. The second-order valence-electron chi connectivity index (χ2n) is 4.26. The molecule has 0 atom stereocenters. The summed E-state index contributed by atoms with van der Waals surface area (Å²) in [6.07, 6.45) is 0. The normalized spacial score (nSPS) is 12.6. The molecule has 0 fully saturated rings. The summed E-state index contributed by atoms with van der Waals surface area (Å²) in [5.74, 6) is 0.292. The van der Waals surface area contributed by atoms with E-state index in [0.717, 1.165) is 0 Å². The Morgan fingerprint density at radius 1 is 1.47 bits per heavy atom. The van der Waals surface area contributed by atoms with E-state index in [1.807, 2.05) is 20.8 Å². The Morgan fingerprint density at radius 3 is 2.53 bits per heavy atom. The van der Waals surface area contributed by atoms with Crippen LogP contribution in [0.25, 0.3) is 0 Å². The van der Waals surface area contributed by atoms with Gasteiger partial charge in [-0.05, 0) is 12.0 Å². The van der Waals surface area contributed by atoms with Crippen molar-refractivity contribution in [1.29, 1.82) is 0 Å². The van der Waals surface area contributed by atoms with Crippen molar-refractivity contribution in [2.24, 2.45) is 5.92 Å². The number of nitrogens with zero attached hydrogens (tertiary/aromatic N) is 1. The molecule has 6 heteroatoms. The first-order chi connectivity index (χ1) is 7.91. The van der Waals surface area contributed by atoms with Crippen LogP contribution >= 0.6 is 11.3 Å². The zero-order valence-corrected chi connectivity index (χ0v) is 12.0. The highest BCUT2D eigenvalue weighted by Gasteiger charge is 2.24.